The van der Waals surface area contributed by atoms with Crippen LogP contribution in [0.3, 0.4) is 0 Å². The third-order valence-corrected chi connectivity index (χ3v) is 10.5. The number of benzene rings is 1. The normalized spacial score (nSPS) is 19.3. The van der Waals surface area contributed by atoms with Crippen LogP contribution in [0.4, 0.5) is 10.3 Å². The van der Waals surface area contributed by atoms with E-state index in [4.69, 9.17) is 15.7 Å². The molecule has 3 fully saturated rings. The molecule has 2 saturated heterocycles. The topological polar surface area (TPSA) is 137 Å². The highest BCUT2D eigenvalue weighted by atomic mass is 32.1. The zero-order valence-electron chi connectivity index (χ0n) is 23.5. The Kier molecular flexibility index (Phi) is 8.27. The number of thiazole rings is 2. The fourth-order valence-corrected chi connectivity index (χ4v) is 8.40. The molecule has 41 heavy (non-hydrogen) atoms. The van der Waals surface area contributed by atoms with Gasteiger partial charge in [0.1, 0.15) is 6.04 Å². The Balaban J connectivity index is 1.10. The summed E-state index contributed by atoms with van der Waals surface area (Å²) in [7, 11) is 0. The van der Waals surface area contributed by atoms with Gasteiger partial charge in [-0.2, -0.15) is 0 Å². The first-order valence-corrected chi connectivity index (χ1v) is 16.3. The van der Waals surface area contributed by atoms with E-state index in [1.165, 1.54) is 48.4 Å². The van der Waals surface area contributed by atoms with Crippen molar-refractivity contribution in [1.82, 2.24) is 24.7 Å². The molecule has 1 aromatic carbocycles. The lowest BCUT2D eigenvalue weighted by Crippen LogP contribution is -2.52. The van der Waals surface area contributed by atoms with Crippen LogP contribution in [0, 0.1) is 6.92 Å². The number of anilines is 2. The lowest BCUT2D eigenvalue weighted by atomic mass is 10.1. The van der Waals surface area contributed by atoms with E-state index in [9.17, 15) is 14.4 Å². The number of aromatic nitrogens is 2. The van der Waals surface area contributed by atoms with Crippen molar-refractivity contribution < 1.29 is 14.4 Å². The Hall–Kier alpha value is -3.03. The summed E-state index contributed by atoms with van der Waals surface area (Å²) < 4.78 is 1.97. The summed E-state index contributed by atoms with van der Waals surface area (Å²) in [6.07, 6.45) is 7.13. The molecule has 11 nitrogen and oxygen atoms in total. The number of rotatable bonds is 9. The summed E-state index contributed by atoms with van der Waals surface area (Å²) in [5.74, 6) is -0.526. The molecule has 1 atom stereocenters. The van der Waals surface area contributed by atoms with Gasteiger partial charge in [0.15, 0.2) is 10.3 Å². The molecular formula is C28H38N8O3S2. The van der Waals surface area contributed by atoms with Gasteiger partial charge in [-0.05, 0) is 38.7 Å². The van der Waals surface area contributed by atoms with Crippen molar-refractivity contribution in [3.05, 3.63) is 11.6 Å². The fraction of sp³-hybridized carbons (Fsp3) is 0.607. The third-order valence-electron chi connectivity index (χ3n) is 8.60. The summed E-state index contributed by atoms with van der Waals surface area (Å²) in [6, 6.07) is 2.03. The molecule has 3 aliphatic rings. The zero-order chi connectivity index (χ0) is 28.5. The standard InChI is InChI=1S/C28H38N8O3S2/c1-17-24-20(40-27(32-24)30-16-23(38)35-12-10-34(11-13-35)18-6-2-3-7-18)15-21-25(17)33-28(41-21)31-19(14-22(29)37)26(39)36-8-4-5-9-36/h15,18-19H,2-14,16H2,1H3,(H2,29,37)(H,30,32)(H,31,33). The van der Waals surface area contributed by atoms with Crippen molar-refractivity contribution in [3.63, 3.8) is 0 Å². The molecule has 6 rings (SSSR count). The summed E-state index contributed by atoms with van der Waals surface area (Å²) in [6.45, 7) is 7.14. The quantitative estimate of drug-likeness (QED) is 0.342. The second kappa shape index (κ2) is 12.1. The molecule has 1 unspecified atom stereocenters. The summed E-state index contributed by atoms with van der Waals surface area (Å²) in [5.41, 5.74) is 8.06. The number of hydrogen-bond donors (Lipinski definition) is 3. The van der Waals surface area contributed by atoms with Gasteiger partial charge in [0.25, 0.3) is 0 Å². The van der Waals surface area contributed by atoms with Crippen LogP contribution in [-0.4, -0.2) is 100 Å². The fourth-order valence-electron chi connectivity index (χ4n) is 6.34. The van der Waals surface area contributed by atoms with E-state index in [1.807, 2.05) is 11.8 Å². The Morgan fingerprint density at radius 3 is 2.22 bits per heavy atom. The third kappa shape index (κ3) is 6.12. The van der Waals surface area contributed by atoms with Gasteiger partial charge in [0, 0.05) is 50.9 Å². The molecule has 4 N–H and O–H groups in total. The van der Waals surface area contributed by atoms with Crippen LogP contribution in [0.2, 0.25) is 0 Å². The molecule has 4 heterocycles. The van der Waals surface area contributed by atoms with E-state index < -0.39 is 11.9 Å². The molecule has 3 aromatic rings. The average Bonchev–Trinajstić information content (AvgIpc) is 3.78. The van der Waals surface area contributed by atoms with Crippen LogP contribution in [0.1, 0.15) is 50.5 Å². The predicted molar refractivity (Wildman–Crippen MR) is 163 cm³/mol. The summed E-state index contributed by atoms with van der Waals surface area (Å²) >= 11 is 2.97. The number of likely N-dealkylation sites (tertiary alicyclic amines) is 1. The minimum atomic E-state index is -0.732. The highest BCUT2D eigenvalue weighted by Crippen LogP contribution is 2.37. The number of primary amides is 1. The highest BCUT2D eigenvalue weighted by Gasteiger charge is 2.30. The van der Waals surface area contributed by atoms with Crippen molar-refractivity contribution in [2.75, 3.05) is 56.4 Å². The Morgan fingerprint density at radius 2 is 1.56 bits per heavy atom. The van der Waals surface area contributed by atoms with E-state index in [2.05, 4.69) is 21.6 Å². The Bertz CT molecular complexity index is 1430. The number of carbonyl (C=O) groups is 3. The molecule has 1 aliphatic carbocycles. The maximum Gasteiger partial charge on any atom is 0.245 e. The number of nitrogens with zero attached hydrogens (tertiary/aromatic N) is 5. The van der Waals surface area contributed by atoms with Crippen molar-refractivity contribution in [3.8, 4) is 0 Å². The van der Waals surface area contributed by atoms with Crippen LogP contribution >= 0.6 is 22.7 Å². The van der Waals surface area contributed by atoms with Gasteiger partial charge in [-0.25, -0.2) is 9.97 Å². The average molecular weight is 599 g/mol. The van der Waals surface area contributed by atoms with Gasteiger partial charge in [0.2, 0.25) is 17.7 Å². The molecule has 13 heteroatoms. The number of nitrogens with one attached hydrogen (secondary N) is 2. The largest absolute Gasteiger partial charge is 0.370 e. The van der Waals surface area contributed by atoms with Crippen LogP contribution in [0.5, 0.6) is 0 Å². The van der Waals surface area contributed by atoms with E-state index in [0.717, 1.165) is 70.1 Å². The minimum absolute atomic E-state index is 0.0785. The van der Waals surface area contributed by atoms with E-state index in [0.29, 0.717) is 24.3 Å². The number of nitrogens with two attached hydrogens (primary N) is 1. The molecule has 3 amide bonds. The smallest absolute Gasteiger partial charge is 0.245 e. The number of hydrogen-bond acceptors (Lipinski definition) is 10. The van der Waals surface area contributed by atoms with Gasteiger partial charge in [0.05, 0.1) is 33.4 Å². The van der Waals surface area contributed by atoms with Crippen molar-refractivity contribution in [2.45, 2.75) is 64.0 Å². The Morgan fingerprint density at radius 1 is 0.927 bits per heavy atom. The second-order valence-corrected chi connectivity index (χ2v) is 13.4. The number of aryl methyl sites for hydroxylation is 1. The lowest BCUT2D eigenvalue weighted by Gasteiger charge is -2.38. The number of piperazine rings is 1. The van der Waals surface area contributed by atoms with Crippen LogP contribution in [-0.2, 0) is 14.4 Å². The van der Waals surface area contributed by atoms with Crippen molar-refractivity contribution in [1.29, 1.82) is 0 Å². The van der Waals surface area contributed by atoms with Gasteiger partial charge in [-0.3, -0.25) is 19.3 Å². The molecule has 0 spiro atoms. The molecule has 0 bridgehead atoms. The summed E-state index contributed by atoms with van der Waals surface area (Å²) in [4.78, 5) is 53.5. The van der Waals surface area contributed by atoms with Gasteiger partial charge >= 0.3 is 0 Å². The maximum absolute atomic E-state index is 13.0. The molecular weight excluding hydrogens is 560 g/mol. The first-order valence-electron chi connectivity index (χ1n) is 14.7. The number of fused-ring (bicyclic) bond motifs is 2. The minimum Gasteiger partial charge on any atom is -0.370 e. The predicted octanol–water partition coefficient (Wildman–Crippen LogP) is 2.99. The second-order valence-electron chi connectivity index (χ2n) is 11.3. The highest BCUT2D eigenvalue weighted by molar-refractivity contribution is 7.24. The first kappa shape index (κ1) is 28.1. The number of amides is 3. The molecule has 1 saturated carbocycles. The first-order chi connectivity index (χ1) is 19.9. The zero-order valence-corrected chi connectivity index (χ0v) is 25.1. The monoisotopic (exact) mass is 598 g/mol. The molecule has 220 valence electrons. The van der Waals surface area contributed by atoms with E-state index in [1.54, 1.807) is 4.90 Å². The van der Waals surface area contributed by atoms with Crippen LogP contribution in [0.25, 0.3) is 20.4 Å². The SMILES string of the molecule is Cc1c2nc(NCC(=O)N3CCN(C4CCCC4)CC3)sc2cc2sc(NC(CC(N)=O)C(=O)N3CCCC3)nc12. The van der Waals surface area contributed by atoms with E-state index >= 15 is 0 Å². The lowest BCUT2D eigenvalue weighted by molar-refractivity contribution is -0.133. The molecule has 0 radical (unpaired) electrons. The maximum atomic E-state index is 13.0. The van der Waals surface area contributed by atoms with Crippen LogP contribution in [0.15, 0.2) is 6.07 Å². The van der Waals surface area contributed by atoms with Gasteiger partial charge < -0.3 is 26.2 Å². The molecule has 2 aliphatic heterocycles. The summed E-state index contributed by atoms with van der Waals surface area (Å²) in [5, 5.41) is 7.74. The van der Waals surface area contributed by atoms with Crippen molar-refractivity contribution >= 4 is 71.1 Å². The van der Waals surface area contributed by atoms with Crippen molar-refractivity contribution in [2.24, 2.45) is 5.73 Å². The molecule has 2 aromatic heterocycles. The van der Waals surface area contributed by atoms with Gasteiger partial charge in [-0.15, -0.1) is 0 Å². The van der Waals surface area contributed by atoms with E-state index in [-0.39, 0.29) is 24.8 Å². The van der Waals surface area contributed by atoms with Gasteiger partial charge in [-0.1, -0.05) is 35.5 Å². The van der Waals surface area contributed by atoms with Crippen LogP contribution < -0.4 is 16.4 Å². The Labute approximate surface area is 247 Å². The number of carbonyl (C=O) groups excluding carboxylic acids is 3.